The summed E-state index contributed by atoms with van der Waals surface area (Å²) in [6.07, 6.45) is -4.43. The van der Waals surface area contributed by atoms with E-state index in [-0.39, 0.29) is 107 Å². The number of nitrogens with two attached hydrogens (primary N) is 1. The maximum absolute atomic E-state index is 14.1. The van der Waals surface area contributed by atoms with Crippen molar-refractivity contribution >= 4 is 65.8 Å². The van der Waals surface area contributed by atoms with Gasteiger partial charge in [0.15, 0.2) is 17.8 Å². The molecule has 0 heterocycles. The molecule has 0 fully saturated rings. The van der Waals surface area contributed by atoms with Crippen molar-refractivity contribution in [2.45, 2.75) is 101 Å². The van der Waals surface area contributed by atoms with E-state index in [9.17, 15) is 57.4 Å². The van der Waals surface area contributed by atoms with Crippen LogP contribution in [0.5, 0.6) is 0 Å². The third-order valence-corrected chi connectivity index (χ3v) is 10.2. The molecule has 3 aromatic rings. The second-order valence-corrected chi connectivity index (χ2v) is 15.3. The fourth-order valence-electron chi connectivity index (χ4n) is 6.73. The highest BCUT2D eigenvalue weighted by Gasteiger charge is 2.31. The van der Waals surface area contributed by atoms with Crippen molar-refractivity contribution in [2.24, 2.45) is 5.92 Å². The molecule has 0 spiro atoms. The lowest BCUT2D eigenvalue weighted by molar-refractivity contribution is -0.141. The van der Waals surface area contributed by atoms with Gasteiger partial charge in [0.25, 0.3) is 12.9 Å². The van der Waals surface area contributed by atoms with Gasteiger partial charge in [-0.2, -0.15) is 0 Å². The number of nitrogen functional groups attached to an aromatic ring is 1. The van der Waals surface area contributed by atoms with Gasteiger partial charge in [-0.05, 0) is 61.4 Å². The molecule has 0 aliphatic carbocycles. The number of carbonyl (C=O) groups excluding carboxylic acids is 8. The molecule has 3 rings (SSSR count). The van der Waals surface area contributed by atoms with Gasteiger partial charge < -0.3 is 46.7 Å². The average molecular weight is 919 g/mol. The minimum absolute atomic E-state index is 0.00678. The van der Waals surface area contributed by atoms with E-state index in [2.05, 4.69) is 26.0 Å². The summed E-state index contributed by atoms with van der Waals surface area (Å²) >= 11 is 0. The zero-order chi connectivity index (χ0) is 48.4. The number of Topliss-reactive ketones (excluding diaryl/α,β-unsaturated/α-hetero) is 3. The predicted molar refractivity (Wildman–Crippen MR) is 233 cm³/mol. The minimum atomic E-state index is -1.51. The van der Waals surface area contributed by atoms with Gasteiger partial charge in [0.05, 0.1) is 12.5 Å². The topological polar surface area (TPSA) is 304 Å². The SMILES string of the molecule is Nc1ccc([18F])cc1C(=O)CC(Cc1ccccc1)C(=O)NC(Cc1ccccc1)C(=O)C[C@H](CCC(=O)NCCCC(=O)CC[C@H](NC(=O)N[C@@H](CCC(=O)O)OC=O)C(=O)O)OC=O. The number of carboxylic acid groups (broad SMARTS) is 2. The van der Waals surface area contributed by atoms with Crippen molar-refractivity contribution in [3.63, 3.8) is 0 Å². The number of ketones is 3. The molecule has 4 amide bonds. The third kappa shape index (κ3) is 19.9. The number of hydrogen-bond donors (Lipinski definition) is 7. The third-order valence-electron chi connectivity index (χ3n) is 10.2. The van der Waals surface area contributed by atoms with Gasteiger partial charge in [-0.25, -0.2) is 14.0 Å². The van der Waals surface area contributed by atoms with Gasteiger partial charge in [-0.1, -0.05) is 60.7 Å². The Hall–Kier alpha value is -7.51. The van der Waals surface area contributed by atoms with Crippen LogP contribution in [-0.2, 0) is 60.7 Å². The second-order valence-electron chi connectivity index (χ2n) is 15.3. The molecule has 0 aliphatic heterocycles. The number of rotatable bonds is 32. The van der Waals surface area contributed by atoms with E-state index in [0.29, 0.717) is 5.56 Å². The molecule has 0 radical (unpaired) electrons. The molecule has 19 nitrogen and oxygen atoms in total. The van der Waals surface area contributed by atoms with E-state index in [1.54, 1.807) is 60.7 Å². The zero-order valence-corrected chi connectivity index (χ0v) is 36.0. The number of benzene rings is 3. The van der Waals surface area contributed by atoms with E-state index < -0.39 is 83.9 Å². The highest BCUT2D eigenvalue weighted by molar-refractivity contribution is 6.03. The monoisotopic (exact) mass is 918 g/mol. The fraction of sp³-hybridized carbons (Fsp3) is 0.391. The zero-order valence-electron chi connectivity index (χ0n) is 36.0. The van der Waals surface area contributed by atoms with Crippen molar-refractivity contribution in [2.75, 3.05) is 12.3 Å². The van der Waals surface area contributed by atoms with E-state index in [1.165, 1.54) is 6.07 Å². The van der Waals surface area contributed by atoms with E-state index in [1.807, 2.05) is 0 Å². The number of ether oxygens (including phenoxy) is 2. The summed E-state index contributed by atoms with van der Waals surface area (Å²) in [4.78, 5) is 124. The molecule has 66 heavy (non-hydrogen) atoms. The summed E-state index contributed by atoms with van der Waals surface area (Å²) < 4.78 is 23.9. The van der Waals surface area contributed by atoms with Crippen LogP contribution in [0.4, 0.5) is 14.9 Å². The van der Waals surface area contributed by atoms with Crippen LogP contribution < -0.4 is 27.0 Å². The number of nitrogens with one attached hydrogen (secondary N) is 4. The lowest BCUT2D eigenvalue weighted by Gasteiger charge is -2.24. The maximum atomic E-state index is 14.1. The maximum Gasteiger partial charge on any atom is 0.326 e. The molecule has 0 bridgehead atoms. The summed E-state index contributed by atoms with van der Waals surface area (Å²) in [5.74, 6) is -6.94. The molecule has 354 valence electrons. The normalized spacial score (nSPS) is 13.0. The predicted octanol–water partition coefficient (Wildman–Crippen LogP) is 3.21. The lowest BCUT2D eigenvalue weighted by Crippen LogP contribution is -2.49. The van der Waals surface area contributed by atoms with Crippen LogP contribution in [0, 0.1) is 11.7 Å². The second kappa shape index (κ2) is 28.3. The first-order chi connectivity index (χ1) is 31.6. The Morgan fingerprint density at radius 1 is 0.697 bits per heavy atom. The van der Waals surface area contributed by atoms with Crippen LogP contribution in [0.3, 0.4) is 0 Å². The summed E-state index contributed by atoms with van der Waals surface area (Å²) in [5.41, 5.74) is 7.35. The Labute approximate surface area is 379 Å². The molecule has 0 saturated heterocycles. The van der Waals surface area contributed by atoms with Crippen LogP contribution in [0.25, 0.3) is 0 Å². The molecular formula is C46H54FN5O14. The van der Waals surface area contributed by atoms with Gasteiger partial charge in [-0.3, -0.25) is 38.4 Å². The smallest absolute Gasteiger partial charge is 0.326 e. The summed E-state index contributed by atoms with van der Waals surface area (Å²) in [6, 6.07) is 17.3. The number of urea groups is 1. The highest BCUT2D eigenvalue weighted by atomic mass is 18.2. The van der Waals surface area contributed by atoms with Crippen molar-refractivity contribution in [1.82, 2.24) is 21.3 Å². The summed E-state index contributed by atoms with van der Waals surface area (Å²) in [5, 5.41) is 28.0. The Morgan fingerprint density at radius 2 is 1.35 bits per heavy atom. The highest BCUT2D eigenvalue weighted by Crippen LogP contribution is 2.22. The standard InChI is InChI=1S/C46H54FN5O14/c47-32-13-16-36(48)35(25-32)39(56)24-31(22-29-8-3-1-4-9-29)44(61)50-38(23-30-10-5-2-6-11-30)40(57)26-34(65-27-53)15-18-41(58)49-21-7-12-33(55)14-17-37(45(62)63)51-46(64)52-42(66-28-54)19-20-43(59)60/h1-6,8-11,13,16,25,27-28,31,34,37-38,42H,7,12,14-15,17-24,26,48H2,(H,49,58)(H,50,61)(H,59,60)(H,62,63)(H2,51,52,64)/t31?,34-,37-,38?,42+/m0/s1/i47-1. The minimum Gasteiger partial charge on any atom is -0.481 e. The quantitative estimate of drug-likeness (QED) is 0.0156. The van der Waals surface area contributed by atoms with Crippen LogP contribution in [-0.4, -0.2) is 101 Å². The molecule has 8 N–H and O–H groups in total. The number of carboxylic acids is 2. The van der Waals surface area contributed by atoms with E-state index in [0.717, 1.165) is 17.7 Å². The van der Waals surface area contributed by atoms with Crippen molar-refractivity contribution in [1.29, 1.82) is 0 Å². The molecule has 20 heteroatoms. The Kier molecular flexibility index (Phi) is 22.7. The van der Waals surface area contributed by atoms with E-state index >= 15 is 0 Å². The van der Waals surface area contributed by atoms with Crippen LogP contribution in [0.15, 0.2) is 78.9 Å². The average Bonchev–Trinajstić information content (AvgIpc) is 3.28. The van der Waals surface area contributed by atoms with Gasteiger partial charge in [0, 0.05) is 62.2 Å². The molecular weight excluding hydrogens is 865 g/mol. The number of amides is 4. The molecule has 5 atom stereocenters. The first-order valence-corrected chi connectivity index (χ1v) is 21.1. The summed E-state index contributed by atoms with van der Waals surface area (Å²) in [6.45, 7) is 0.182. The first-order valence-electron chi connectivity index (χ1n) is 21.1. The van der Waals surface area contributed by atoms with Crippen LogP contribution >= 0.6 is 0 Å². The molecule has 3 aromatic carbocycles. The Balaban J connectivity index is 1.56. The number of carbonyl (C=O) groups is 10. The number of hydrogen-bond acceptors (Lipinski definition) is 13. The lowest BCUT2D eigenvalue weighted by atomic mass is 9.89. The van der Waals surface area contributed by atoms with Gasteiger partial charge in [-0.15, -0.1) is 0 Å². The summed E-state index contributed by atoms with van der Waals surface area (Å²) in [7, 11) is 0. The molecule has 0 aromatic heterocycles. The number of anilines is 1. The first kappa shape index (κ1) is 52.8. The Bertz CT molecular complexity index is 2140. The van der Waals surface area contributed by atoms with Gasteiger partial charge >= 0.3 is 18.0 Å². The van der Waals surface area contributed by atoms with Crippen LogP contribution in [0.1, 0.15) is 85.7 Å². The van der Waals surface area contributed by atoms with Gasteiger partial charge in [0.1, 0.15) is 23.7 Å². The van der Waals surface area contributed by atoms with Gasteiger partial charge in [0.2, 0.25) is 11.8 Å². The van der Waals surface area contributed by atoms with Crippen molar-refractivity contribution in [3.8, 4) is 0 Å². The number of halogens is 1. The molecule has 0 aliphatic rings. The van der Waals surface area contributed by atoms with Crippen LogP contribution in [0.2, 0.25) is 0 Å². The van der Waals surface area contributed by atoms with E-state index in [4.69, 9.17) is 15.6 Å². The van der Waals surface area contributed by atoms with Crippen molar-refractivity contribution in [3.05, 3.63) is 101 Å². The largest absolute Gasteiger partial charge is 0.481 e. The fourth-order valence-corrected chi connectivity index (χ4v) is 6.73. The molecule has 0 saturated carbocycles. The number of aliphatic carboxylic acids is 2. The molecule has 2 unspecified atom stereocenters. The Morgan fingerprint density at radius 3 is 1.97 bits per heavy atom. The van der Waals surface area contributed by atoms with Crippen molar-refractivity contribution < 1.29 is 72.0 Å².